The number of hydrogen-bond acceptors (Lipinski definition) is 8. The van der Waals surface area contributed by atoms with Gasteiger partial charge in [0.25, 0.3) is 11.8 Å². The lowest BCUT2D eigenvalue weighted by Crippen LogP contribution is -2.17. The van der Waals surface area contributed by atoms with Gasteiger partial charge in [-0.25, -0.2) is 9.97 Å². The van der Waals surface area contributed by atoms with Crippen LogP contribution in [-0.2, 0) is 16.6 Å². The van der Waals surface area contributed by atoms with E-state index in [-0.39, 0.29) is 5.91 Å². The van der Waals surface area contributed by atoms with Gasteiger partial charge >= 0.3 is 0 Å². The highest BCUT2D eigenvalue weighted by molar-refractivity contribution is 7.21. The number of ether oxygens (including phenoxy) is 1. The van der Waals surface area contributed by atoms with E-state index in [2.05, 4.69) is 26.7 Å². The third kappa shape index (κ3) is 5.91. The van der Waals surface area contributed by atoms with E-state index in [1.165, 1.54) is 11.3 Å². The van der Waals surface area contributed by atoms with Crippen molar-refractivity contribution < 1.29 is 19.4 Å². The minimum atomic E-state index is -0.711. The Morgan fingerprint density at radius 3 is 2.65 bits per heavy atom. The number of aryl methyl sites for hydroxylation is 1. The lowest BCUT2D eigenvalue weighted by atomic mass is 9.85. The minimum Gasteiger partial charge on any atom is -0.439 e. The smallest absolute Gasteiger partial charge is 0.255 e. The number of carbonyl (C=O) groups is 2. The van der Waals surface area contributed by atoms with Gasteiger partial charge in [0.1, 0.15) is 22.7 Å². The fraction of sp³-hybridized carbons (Fsp3) is 0.222. The lowest BCUT2D eigenvalue weighted by molar-refractivity contribution is -0.118. The molecule has 37 heavy (non-hydrogen) atoms. The number of hydrogen-bond donors (Lipinski definition) is 3. The van der Waals surface area contributed by atoms with Gasteiger partial charge in [-0.3, -0.25) is 14.9 Å². The van der Waals surface area contributed by atoms with Crippen LogP contribution >= 0.6 is 11.3 Å². The Bertz CT molecular complexity index is 1520. The first-order chi connectivity index (χ1) is 17.7. The van der Waals surface area contributed by atoms with Crippen LogP contribution in [0.3, 0.4) is 0 Å². The Balaban J connectivity index is 1.55. The molecule has 0 spiro atoms. The molecule has 4 rings (SSSR count). The molecule has 2 aromatic carbocycles. The molecular formula is C27H25N5O4S. The van der Waals surface area contributed by atoms with Crippen molar-refractivity contribution in [3.05, 3.63) is 71.3 Å². The Kier molecular flexibility index (Phi) is 7.47. The first kappa shape index (κ1) is 25.8. The van der Waals surface area contributed by atoms with Crippen LogP contribution in [0.1, 0.15) is 42.3 Å². The van der Waals surface area contributed by atoms with Crippen molar-refractivity contribution in [2.75, 3.05) is 17.2 Å². The average Bonchev–Trinajstić information content (AvgIpc) is 3.30. The number of rotatable bonds is 8. The molecule has 0 aliphatic rings. The van der Waals surface area contributed by atoms with Crippen molar-refractivity contribution in [2.24, 2.45) is 0 Å². The van der Waals surface area contributed by atoms with E-state index in [0.29, 0.717) is 44.8 Å². The standard InChI is InChI=1S/C27H25N5O4S/c1-4-16-8-9-19(29-24(35)17-6-5-7-18(12-17)27(2,3)15-28)13-21(16)36-23-11-10-20-25(32-23)37-26(30-20)31-22(34)14-33/h5-13,33H,4,14H2,1-3H3,(H,29,35)(H,30,31,34). The van der Waals surface area contributed by atoms with Crippen LogP contribution in [0.15, 0.2) is 54.6 Å². The number of anilines is 2. The molecule has 0 aliphatic carbocycles. The molecule has 2 aromatic heterocycles. The Labute approximate surface area is 217 Å². The van der Waals surface area contributed by atoms with Crippen molar-refractivity contribution in [3.63, 3.8) is 0 Å². The van der Waals surface area contributed by atoms with Crippen LogP contribution in [0.25, 0.3) is 10.3 Å². The Morgan fingerprint density at radius 1 is 1.11 bits per heavy atom. The van der Waals surface area contributed by atoms with Gasteiger partial charge in [0.15, 0.2) is 5.13 Å². The first-order valence-electron chi connectivity index (χ1n) is 11.5. The molecule has 3 N–H and O–H groups in total. The second-order valence-electron chi connectivity index (χ2n) is 8.75. The molecule has 0 fully saturated rings. The van der Waals surface area contributed by atoms with Gasteiger partial charge in [-0.15, -0.1) is 0 Å². The van der Waals surface area contributed by atoms with E-state index in [0.717, 1.165) is 11.1 Å². The summed E-state index contributed by atoms with van der Waals surface area (Å²) in [5.74, 6) is 0.0283. The number of aliphatic hydroxyl groups excluding tert-OH is 1. The normalized spacial score (nSPS) is 11.1. The molecule has 10 heteroatoms. The zero-order valence-electron chi connectivity index (χ0n) is 20.5. The molecule has 2 heterocycles. The Hall–Kier alpha value is -4.33. The van der Waals surface area contributed by atoms with Gasteiger partial charge in [-0.1, -0.05) is 36.5 Å². The summed E-state index contributed by atoms with van der Waals surface area (Å²) >= 11 is 1.17. The number of nitrogens with zero attached hydrogens (tertiary/aromatic N) is 3. The summed E-state index contributed by atoms with van der Waals surface area (Å²) < 4.78 is 6.08. The zero-order chi connectivity index (χ0) is 26.6. The SMILES string of the molecule is CCc1ccc(NC(=O)c2cccc(C(C)(C)C#N)c2)cc1Oc1ccc2nc(NC(=O)CO)sc2n1. The quantitative estimate of drug-likeness (QED) is 0.299. The van der Waals surface area contributed by atoms with Gasteiger partial charge in [0, 0.05) is 23.4 Å². The van der Waals surface area contributed by atoms with Crippen LogP contribution in [0.5, 0.6) is 11.6 Å². The molecular weight excluding hydrogens is 490 g/mol. The first-order valence-corrected chi connectivity index (χ1v) is 12.4. The number of aromatic nitrogens is 2. The van der Waals surface area contributed by atoms with Crippen LogP contribution in [0, 0.1) is 11.3 Å². The fourth-order valence-corrected chi connectivity index (χ4v) is 4.36. The number of aliphatic hydroxyl groups is 1. The number of benzene rings is 2. The number of carbonyl (C=O) groups excluding carboxylic acids is 2. The summed E-state index contributed by atoms with van der Waals surface area (Å²) in [5, 5.41) is 24.1. The lowest BCUT2D eigenvalue weighted by Gasteiger charge is -2.17. The predicted octanol–water partition coefficient (Wildman–Crippen LogP) is 5.03. The number of amides is 2. The van der Waals surface area contributed by atoms with E-state index < -0.39 is 17.9 Å². The van der Waals surface area contributed by atoms with Gasteiger partial charge < -0.3 is 15.2 Å². The fourth-order valence-electron chi connectivity index (χ4n) is 3.52. The summed E-state index contributed by atoms with van der Waals surface area (Å²) in [7, 11) is 0. The van der Waals surface area contributed by atoms with Crippen LogP contribution in [-0.4, -0.2) is 33.5 Å². The average molecular weight is 516 g/mol. The maximum atomic E-state index is 13.0. The van der Waals surface area contributed by atoms with Gasteiger partial charge in [0.05, 0.1) is 11.5 Å². The number of nitriles is 1. The van der Waals surface area contributed by atoms with Crippen molar-refractivity contribution in [1.82, 2.24) is 9.97 Å². The van der Waals surface area contributed by atoms with E-state index in [1.54, 1.807) is 50.2 Å². The van der Waals surface area contributed by atoms with Gasteiger partial charge in [0.2, 0.25) is 5.88 Å². The summed E-state index contributed by atoms with van der Waals surface area (Å²) in [6.07, 6.45) is 0.703. The van der Waals surface area contributed by atoms with Crippen LogP contribution in [0.2, 0.25) is 0 Å². The highest BCUT2D eigenvalue weighted by Crippen LogP contribution is 2.32. The zero-order valence-corrected chi connectivity index (χ0v) is 21.3. The molecule has 0 saturated heterocycles. The molecule has 9 nitrogen and oxygen atoms in total. The number of nitrogens with one attached hydrogen (secondary N) is 2. The molecule has 2 amide bonds. The van der Waals surface area contributed by atoms with E-state index >= 15 is 0 Å². The van der Waals surface area contributed by atoms with Crippen molar-refractivity contribution >= 4 is 44.3 Å². The maximum Gasteiger partial charge on any atom is 0.255 e. The van der Waals surface area contributed by atoms with Crippen LogP contribution in [0.4, 0.5) is 10.8 Å². The second kappa shape index (κ2) is 10.7. The molecule has 0 unspecified atom stereocenters. The molecule has 4 aromatic rings. The summed E-state index contributed by atoms with van der Waals surface area (Å²) in [6.45, 7) is 4.98. The third-order valence-electron chi connectivity index (χ3n) is 5.67. The van der Waals surface area contributed by atoms with Crippen molar-refractivity contribution in [2.45, 2.75) is 32.6 Å². The largest absolute Gasteiger partial charge is 0.439 e. The summed E-state index contributed by atoms with van der Waals surface area (Å²) in [6, 6.07) is 18.1. The predicted molar refractivity (Wildman–Crippen MR) is 142 cm³/mol. The summed E-state index contributed by atoms with van der Waals surface area (Å²) in [5.41, 5.74) is 2.56. The van der Waals surface area contributed by atoms with Gasteiger partial charge in [-0.05, 0) is 55.7 Å². The maximum absolute atomic E-state index is 13.0. The highest BCUT2D eigenvalue weighted by Gasteiger charge is 2.21. The highest BCUT2D eigenvalue weighted by atomic mass is 32.1. The molecule has 0 saturated carbocycles. The Morgan fingerprint density at radius 2 is 1.92 bits per heavy atom. The second-order valence-corrected chi connectivity index (χ2v) is 9.73. The number of fused-ring (bicyclic) bond motifs is 1. The van der Waals surface area contributed by atoms with E-state index in [1.807, 2.05) is 25.1 Å². The molecule has 0 aliphatic heterocycles. The molecule has 0 bridgehead atoms. The van der Waals surface area contributed by atoms with Crippen molar-refractivity contribution in [3.8, 4) is 17.7 Å². The van der Waals surface area contributed by atoms with E-state index in [4.69, 9.17) is 9.84 Å². The van der Waals surface area contributed by atoms with Gasteiger partial charge in [-0.2, -0.15) is 5.26 Å². The summed E-state index contributed by atoms with van der Waals surface area (Å²) in [4.78, 5) is 33.7. The topological polar surface area (TPSA) is 137 Å². The molecule has 0 radical (unpaired) electrons. The molecule has 0 atom stereocenters. The number of pyridine rings is 1. The van der Waals surface area contributed by atoms with E-state index in [9.17, 15) is 14.9 Å². The number of thiazole rings is 1. The third-order valence-corrected chi connectivity index (χ3v) is 6.55. The molecule has 188 valence electrons. The van der Waals surface area contributed by atoms with Crippen molar-refractivity contribution in [1.29, 1.82) is 5.26 Å². The minimum absolute atomic E-state index is 0.299. The van der Waals surface area contributed by atoms with Crippen LogP contribution < -0.4 is 15.4 Å². The monoisotopic (exact) mass is 515 g/mol.